The molecule has 3 rings (SSSR count). The molecule has 1 aliphatic heterocycles. The number of nitrogens with zero attached hydrogens (tertiary/aromatic N) is 5. The lowest BCUT2D eigenvalue weighted by Crippen LogP contribution is -2.49. The van der Waals surface area contributed by atoms with Crippen LogP contribution in [0.5, 0.6) is 0 Å². The summed E-state index contributed by atoms with van der Waals surface area (Å²) < 4.78 is 5.66. The fraction of sp³-hybridized carbons (Fsp3) is 0.611. The largest absolute Gasteiger partial charge is 0.360 e. The predicted molar refractivity (Wildman–Crippen MR) is 113 cm³/mol. The van der Waals surface area contributed by atoms with E-state index in [2.05, 4.69) is 46.3 Å². The Morgan fingerprint density at radius 1 is 1.24 bits per heavy atom. The van der Waals surface area contributed by atoms with E-state index in [-0.39, 0.29) is 23.0 Å². The maximum absolute atomic E-state index is 12.4. The van der Waals surface area contributed by atoms with Gasteiger partial charge in [0, 0.05) is 38.7 Å². The number of aromatic nitrogens is 3. The number of carbonyl (C=O) groups is 2. The van der Waals surface area contributed by atoms with Crippen molar-refractivity contribution in [3.63, 3.8) is 0 Å². The molecule has 0 saturated carbocycles. The van der Waals surface area contributed by atoms with Crippen molar-refractivity contribution in [1.82, 2.24) is 20.3 Å². The van der Waals surface area contributed by atoms with E-state index in [4.69, 9.17) is 4.52 Å². The number of rotatable bonds is 6. The van der Waals surface area contributed by atoms with Gasteiger partial charge in [-0.15, -0.1) is 10.2 Å². The summed E-state index contributed by atoms with van der Waals surface area (Å²) in [6, 6.07) is 1.66. The molecule has 1 fully saturated rings. The molecule has 2 aromatic heterocycles. The summed E-state index contributed by atoms with van der Waals surface area (Å²) in [5, 5.41) is 15.7. The first-order chi connectivity index (χ1) is 13.7. The van der Waals surface area contributed by atoms with Crippen LogP contribution >= 0.6 is 23.1 Å². The lowest BCUT2D eigenvalue weighted by Gasteiger charge is -2.35. The first-order valence-electron chi connectivity index (χ1n) is 9.42. The molecule has 0 radical (unpaired) electrons. The van der Waals surface area contributed by atoms with E-state index in [1.165, 1.54) is 23.1 Å². The molecule has 0 aliphatic carbocycles. The third kappa shape index (κ3) is 6.43. The fourth-order valence-corrected chi connectivity index (χ4v) is 4.53. The number of aryl methyl sites for hydroxylation is 1. The summed E-state index contributed by atoms with van der Waals surface area (Å²) in [4.78, 5) is 28.4. The third-order valence-electron chi connectivity index (χ3n) is 4.20. The maximum atomic E-state index is 12.4. The topological polar surface area (TPSA) is 104 Å². The zero-order valence-electron chi connectivity index (χ0n) is 17.1. The van der Waals surface area contributed by atoms with Gasteiger partial charge in [-0.3, -0.25) is 9.59 Å². The van der Waals surface area contributed by atoms with Crippen molar-refractivity contribution in [2.24, 2.45) is 5.41 Å². The van der Waals surface area contributed by atoms with Gasteiger partial charge in [0.25, 0.3) is 0 Å². The van der Waals surface area contributed by atoms with E-state index in [1.54, 1.807) is 13.0 Å². The Hall–Kier alpha value is -2.14. The molecule has 0 spiro atoms. The minimum absolute atomic E-state index is 0.00162. The van der Waals surface area contributed by atoms with Gasteiger partial charge >= 0.3 is 0 Å². The monoisotopic (exact) mass is 438 g/mol. The molecule has 0 aromatic carbocycles. The van der Waals surface area contributed by atoms with Crippen molar-refractivity contribution >= 4 is 45.9 Å². The minimum Gasteiger partial charge on any atom is -0.360 e. The van der Waals surface area contributed by atoms with E-state index < -0.39 is 0 Å². The number of thioether (sulfide) groups is 1. The summed E-state index contributed by atoms with van der Waals surface area (Å²) in [7, 11) is 0. The number of anilines is 2. The Labute approximate surface area is 178 Å². The lowest BCUT2D eigenvalue weighted by molar-refractivity contribution is -0.133. The van der Waals surface area contributed by atoms with Crippen molar-refractivity contribution in [3.05, 3.63) is 11.8 Å². The van der Waals surface area contributed by atoms with Crippen LogP contribution in [0.25, 0.3) is 0 Å². The van der Waals surface area contributed by atoms with E-state index in [0.717, 1.165) is 22.6 Å². The highest BCUT2D eigenvalue weighted by atomic mass is 32.2. The second-order valence-electron chi connectivity index (χ2n) is 8.12. The zero-order valence-corrected chi connectivity index (χ0v) is 18.7. The van der Waals surface area contributed by atoms with Crippen LogP contribution in [0, 0.1) is 12.3 Å². The Morgan fingerprint density at radius 2 is 1.97 bits per heavy atom. The second kappa shape index (κ2) is 9.12. The minimum atomic E-state index is -0.175. The fourth-order valence-electron chi connectivity index (χ4n) is 2.83. The average Bonchev–Trinajstić information content (AvgIpc) is 3.28. The third-order valence-corrected chi connectivity index (χ3v) is 6.32. The number of hydrogen-bond donors (Lipinski definition) is 1. The van der Waals surface area contributed by atoms with Gasteiger partial charge in [-0.25, -0.2) is 0 Å². The number of carbonyl (C=O) groups excluding carboxylic acids is 2. The van der Waals surface area contributed by atoms with Crippen molar-refractivity contribution in [2.75, 3.05) is 42.1 Å². The summed E-state index contributed by atoms with van der Waals surface area (Å²) >= 11 is 2.79. The molecule has 29 heavy (non-hydrogen) atoms. The molecule has 1 saturated heterocycles. The summed E-state index contributed by atoms with van der Waals surface area (Å²) in [6.45, 7) is 10.9. The van der Waals surface area contributed by atoms with Gasteiger partial charge < -0.3 is 19.6 Å². The first kappa shape index (κ1) is 21.6. The lowest BCUT2D eigenvalue weighted by atomic mass is 9.91. The Bertz CT molecular complexity index is 852. The molecule has 0 unspecified atom stereocenters. The van der Waals surface area contributed by atoms with Crippen molar-refractivity contribution < 1.29 is 14.1 Å². The van der Waals surface area contributed by atoms with Crippen LogP contribution in [-0.4, -0.2) is 64.0 Å². The van der Waals surface area contributed by atoms with E-state index in [9.17, 15) is 9.59 Å². The summed E-state index contributed by atoms with van der Waals surface area (Å²) in [5.41, 5.74) is -0.00162. The molecular weight excluding hydrogens is 412 g/mol. The van der Waals surface area contributed by atoms with Crippen LogP contribution in [0.1, 0.15) is 33.0 Å². The highest BCUT2D eigenvalue weighted by Gasteiger charge is 2.26. The van der Waals surface area contributed by atoms with Crippen LogP contribution in [-0.2, 0) is 9.59 Å². The second-order valence-corrected chi connectivity index (χ2v) is 10.3. The van der Waals surface area contributed by atoms with Crippen molar-refractivity contribution in [2.45, 2.75) is 38.5 Å². The van der Waals surface area contributed by atoms with Crippen LogP contribution in [0.3, 0.4) is 0 Å². The van der Waals surface area contributed by atoms with Gasteiger partial charge in [0.15, 0.2) is 10.2 Å². The van der Waals surface area contributed by atoms with Crippen LogP contribution in [0.2, 0.25) is 0 Å². The molecule has 2 amide bonds. The van der Waals surface area contributed by atoms with Crippen molar-refractivity contribution in [1.29, 1.82) is 0 Å². The molecule has 0 atom stereocenters. The SMILES string of the molecule is Cc1cc(NC(=O)CSc2nnc(N3CCN(C(=O)CC(C)(C)C)CC3)s2)no1. The van der Waals surface area contributed by atoms with Crippen molar-refractivity contribution in [3.8, 4) is 0 Å². The van der Waals surface area contributed by atoms with Gasteiger partial charge in [-0.05, 0) is 12.3 Å². The van der Waals surface area contributed by atoms with Crippen LogP contribution in [0.4, 0.5) is 10.9 Å². The highest BCUT2D eigenvalue weighted by molar-refractivity contribution is 8.01. The van der Waals surface area contributed by atoms with Gasteiger partial charge in [-0.1, -0.05) is 49.0 Å². The Kier molecular flexibility index (Phi) is 6.78. The van der Waals surface area contributed by atoms with E-state index >= 15 is 0 Å². The standard InChI is InChI=1S/C18H26N6O3S2/c1-12-9-13(22-27-12)19-14(25)11-28-17-21-20-16(29-17)24-7-5-23(6-8-24)15(26)10-18(2,3)4/h9H,5-8,10-11H2,1-4H3,(H,19,22,25). The van der Waals surface area contributed by atoms with Gasteiger partial charge in [0.05, 0.1) is 5.75 Å². The number of piperazine rings is 1. The number of nitrogens with one attached hydrogen (secondary N) is 1. The Balaban J connectivity index is 1.44. The van der Waals surface area contributed by atoms with Gasteiger partial charge in [0.2, 0.25) is 16.9 Å². The number of amides is 2. The molecule has 9 nitrogen and oxygen atoms in total. The summed E-state index contributed by atoms with van der Waals surface area (Å²) in [6.07, 6.45) is 0.558. The highest BCUT2D eigenvalue weighted by Crippen LogP contribution is 2.29. The zero-order chi connectivity index (χ0) is 21.0. The van der Waals surface area contributed by atoms with E-state index in [1.807, 2.05) is 4.90 Å². The molecule has 1 aliphatic rings. The first-order valence-corrected chi connectivity index (χ1v) is 11.2. The predicted octanol–water partition coefficient (Wildman–Crippen LogP) is 2.65. The van der Waals surface area contributed by atoms with Gasteiger partial charge in [-0.2, -0.15) is 0 Å². The smallest absolute Gasteiger partial charge is 0.236 e. The van der Waals surface area contributed by atoms with Crippen LogP contribution in [0.15, 0.2) is 14.9 Å². The molecule has 11 heteroatoms. The molecule has 158 valence electrons. The van der Waals surface area contributed by atoms with Crippen LogP contribution < -0.4 is 10.2 Å². The normalized spacial score (nSPS) is 14.9. The quantitative estimate of drug-likeness (QED) is 0.687. The molecular formula is C18H26N6O3S2. The summed E-state index contributed by atoms with van der Waals surface area (Å²) in [5.74, 6) is 1.30. The molecule has 2 aromatic rings. The Morgan fingerprint density at radius 3 is 2.59 bits per heavy atom. The molecule has 3 heterocycles. The van der Waals surface area contributed by atoms with E-state index in [0.29, 0.717) is 31.1 Å². The molecule has 1 N–H and O–H groups in total. The number of hydrogen-bond acceptors (Lipinski definition) is 9. The van der Waals surface area contributed by atoms with Gasteiger partial charge in [0.1, 0.15) is 5.76 Å². The maximum Gasteiger partial charge on any atom is 0.236 e. The molecule has 0 bridgehead atoms. The average molecular weight is 439 g/mol.